The third-order valence-electron chi connectivity index (χ3n) is 3.57. The molecule has 0 radical (unpaired) electrons. The molecule has 2 aromatic rings. The van der Waals surface area contributed by atoms with E-state index in [0.717, 1.165) is 29.7 Å². The van der Waals surface area contributed by atoms with Crippen molar-refractivity contribution in [3.63, 3.8) is 0 Å². The molecule has 6 heteroatoms. The standard InChI is InChI=1S/C13H17ClN4S/c1-8(7-9-3-2-6-15-9)16-12-10(14)4-5-11-13(12)18-19-17-11/h4-5,8-9,15-16H,2-3,6-7H2,1H3. The number of benzene rings is 1. The molecule has 1 aliphatic heterocycles. The maximum atomic E-state index is 6.28. The van der Waals surface area contributed by atoms with Gasteiger partial charge in [0.25, 0.3) is 0 Å². The largest absolute Gasteiger partial charge is 0.379 e. The highest BCUT2D eigenvalue weighted by atomic mass is 35.5. The van der Waals surface area contributed by atoms with Crippen LogP contribution < -0.4 is 10.6 Å². The number of nitrogens with one attached hydrogen (secondary N) is 2. The fourth-order valence-corrected chi connectivity index (χ4v) is 3.40. The molecule has 2 atom stereocenters. The molecule has 1 aromatic carbocycles. The van der Waals surface area contributed by atoms with Crippen molar-refractivity contribution < 1.29 is 0 Å². The molecule has 2 heterocycles. The van der Waals surface area contributed by atoms with Gasteiger partial charge in [-0.1, -0.05) is 11.6 Å². The van der Waals surface area contributed by atoms with Gasteiger partial charge in [0.15, 0.2) is 0 Å². The number of rotatable bonds is 4. The average Bonchev–Trinajstić information content (AvgIpc) is 3.03. The minimum Gasteiger partial charge on any atom is -0.379 e. The van der Waals surface area contributed by atoms with Crippen molar-refractivity contribution in [2.45, 2.75) is 38.3 Å². The number of hydrogen-bond donors (Lipinski definition) is 2. The summed E-state index contributed by atoms with van der Waals surface area (Å²) in [5.74, 6) is 0. The first-order valence-electron chi connectivity index (χ1n) is 6.65. The first kappa shape index (κ1) is 13.1. The topological polar surface area (TPSA) is 49.8 Å². The van der Waals surface area contributed by atoms with Crippen molar-refractivity contribution in [2.75, 3.05) is 11.9 Å². The number of halogens is 1. The van der Waals surface area contributed by atoms with Crippen LogP contribution in [0.2, 0.25) is 5.02 Å². The molecule has 2 N–H and O–H groups in total. The molecule has 0 saturated carbocycles. The van der Waals surface area contributed by atoms with Gasteiger partial charge in [-0.15, -0.1) is 0 Å². The van der Waals surface area contributed by atoms with E-state index in [1.54, 1.807) is 0 Å². The summed E-state index contributed by atoms with van der Waals surface area (Å²) in [6.07, 6.45) is 3.65. The Morgan fingerprint density at radius 2 is 2.42 bits per heavy atom. The normalized spacial score (nSPS) is 20.8. The Labute approximate surface area is 121 Å². The molecule has 0 amide bonds. The summed E-state index contributed by atoms with van der Waals surface area (Å²) in [5.41, 5.74) is 2.70. The van der Waals surface area contributed by atoms with Crippen molar-refractivity contribution >= 4 is 40.0 Å². The van der Waals surface area contributed by atoms with Gasteiger partial charge < -0.3 is 10.6 Å². The van der Waals surface area contributed by atoms with Crippen LogP contribution in [0.5, 0.6) is 0 Å². The van der Waals surface area contributed by atoms with Gasteiger partial charge in [-0.25, -0.2) is 0 Å². The third kappa shape index (κ3) is 2.83. The fourth-order valence-electron chi connectivity index (χ4n) is 2.65. The van der Waals surface area contributed by atoms with Gasteiger partial charge >= 0.3 is 0 Å². The summed E-state index contributed by atoms with van der Waals surface area (Å²) in [5, 5.41) is 7.73. The van der Waals surface area contributed by atoms with Gasteiger partial charge in [-0.2, -0.15) is 8.75 Å². The van der Waals surface area contributed by atoms with Crippen LogP contribution in [-0.4, -0.2) is 27.4 Å². The lowest BCUT2D eigenvalue weighted by Crippen LogP contribution is -2.29. The molecular weight excluding hydrogens is 280 g/mol. The van der Waals surface area contributed by atoms with Crippen LogP contribution in [0, 0.1) is 0 Å². The highest BCUT2D eigenvalue weighted by Gasteiger charge is 2.18. The van der Waals surface area contributed by atoms with Gasteiger partial charge in [0.2, 0.25) is 0 Å². The molecule has 19 heavy (non-hydrogen) atoms. The molecule has 0 aliphatic carbocycles. The van der Waals surface area contributed by atoms with Crippen LogP contribution in [0.1, 0.15) is 26.2 Å². The predicted octanol–water partition coefficient (Wildman–Crippen LogP) is 3.29. The molecule has 102 valence electrons. The van der Waals surface area contributed by atoms with E-state index in [9.17, 15) is 0 Å². The molecular formula is C13H17ClN4S. The van der Waals surface area contributed by atoms with Gasteiger partial charge in [0.1, 0.15) is 11.0 Å². The molecule has 1 saturated heterocycles. The lowest BCUT2D eigenvalue weighted by Gasteiger charge is -2.20. The third-order valence-corrected chi connectivity index (χ3v) is 4.43. The number of hydrogen-bond acceptors (Lipinski definition) is 5. The Hall–Kier alpha value is -0.910. The molecule has 0 bridgehead atoms. The van der Waals surface area contributed by atoms with Gasteiger partial charge in [-0.3, -0.25) is 0 Å². The van der Waals surface area contributed by atoms with Crippen molar-refractivity contribution in [3.05, 3.63) is 17.2 Å². The Morgan fingerprint density at radius 1 is 1.53 bits per heavy atom. The van der Waals surface area contributed by atoms with E-state index < -0.39 is 0 Å². The van der Waals surface area contributed by atoms with Crippen LogP contribution in [0.25, 0.3) is 11.0 Å². The first-order valence-corrected chi connectivity index (χ1v) is 7.75. The predicted molar refractivity (Wildman–Crippen MR) is 81.2 cm³/mol. The second-order valence-corrected chi connectivity index (χ2v) is 6.06. The number of anilines is 1. The molecule has 2 unspecified atom stereocenters. The molecule has 1 aliphatic rings. The van der Waals surface area contributed by atoms with Gasteiger partial charge in [-0.05, 0) is 44.9 Å². The van der Waals surface area contributed by atoms with Gasteiger partial charge in [0.05, 0.1) is 22.4 Å². The van der Waals surface area contributed by atoms with E-state index in [4.69, 9.17) is 11.6 Å². The highest BCUT2D eigenvalue weighted by molar-refractivity contribution is 7.00. The minimum absolute atomic E-state index is 0.361. The Kier molecular flexibility index (Phi) is 3.86. The van der Waals surface area contributed by atoms with Crippen molar-refractivity contribution in [3.8, 4) is 0 Å². The van der Waals surface area contributed by atoms with Crippen LogP contribution in [-0.2, 0) is 0 Å². The van der Waals surface area contributed by atoms with Gasteiger partial charge in [0, 0.05) is 12.1 Å². The van der Waals surface area contributed by atoms with Crippen molar-refractivity contribution in [2.24, 2.45) is 0 Å². The zero-order valence-corrected chi connectivity index (χ0v) is 12.4. The maximum Gasteiger partial charge on any atom is 0.129 e. The monoisotopic (exact) mass is 296 g/mol. The van der Waals surface area contributed by atoms with E-state index in [1.165, 1.54) is 24.6 Å². The second-order valence-electron chi connectivity index (χ2n) is 5.13. The smallest absolute Gasteiger partial charge is 0.129 e. The average molecular weight is 297 g/mol. The summed E-state index contributed by atoms with van der Waals surface area (Å²) in [6.45, 7) is 3.33. The maximum absolute atomic E-state index is 6.28. The Balaban J connectivity index is 1.76. The quantitative estimate of drug-likeness (QED) is 0.909. The van der Waals surface area contributed by atoms with E-state index in [2.05, 4.69) is 26.3 Å². The summed E-state index contributed by atoms with van der Waals surface area (Å²) < 4.78 is 8.58. The minimum atomic E-state index is 0.361. The highest BCUT2D eigenvalue weighted by Crippen LogP contribution is 2.31. The Morgan fingerprint density at radius 3 is 3.21 bits per heavy atom. The van der Waals surface area contributed by atoms with Crippen molar-refractivity contribution in [1.82, 2.24) is 14.1 Å². The Bertz CT molecular complexity index is 565. The van der Waals surface area contributed by atoms with Crippen LogP contribution in [0.15, 0.2) is 12.1 Å². The van der Waals surface area contributed by atoms with E-state index in [-0.39, 0.29) is 0 Å². The first-order chi connectivity index (χ1) is 9.24. The SMILES string of the molecule is CC(CC1CCCN1)Nc1c(Cl)ccc2nsnc12. The summed E-state index contributed by atoms with van der Waals surface area (Å²) in [4.78, 5) is 0. The van der Waals surface area contributed by atoms with Crippen LogP contribution >= 0.6 is 23.3 Å². The van der Waals surface area contributed by atoms with Crippen LogP contribution in [0.3, 0.4) is 0 Å². The number of aromatic nitrogens is 2. The molecule has 1 fully saturated rings. The zero-order valence-electron chi connectivity index (χ0n) is 10.8. The number of fused-ring (bicyclic) bond motifs is 1. The zero-order chi connectivity index (χ0) is 13.2. The fraction of sp³-hybridized carbons (Fsp3) is 0.538. The lowest BCUT2D eigenvalue weighted by molar-refractivity contribution is 0.523. The number of nitrogens with zero attached hydrogens (tertiary/aromatic N) is 2. The lowest BCUT2D eigenvalue weighted by atomic mass is 10.1. The van der Waals surface area contributed by atoms with Crippen LogP contribution in [0.4, 0.5) is 5.69 Å². The van der Waals surface area contributed by atoms with E-state index in [1.807, 2.05) is 12.1 Å². The second kappa shape index (κ2) is 5.61. The molecule has 1 aromatic heterocycles. The summed E-state index contributed by atoms with van der Waals surface area (Å²) in [6, 6.07) is 4.78. The summed E-state index contributed by atoms with van der Waals surface area (Å²) in [7, 11) is 0. The summed E-state index contributed by atoms with van der Waals surface area (Å²) >= 11 is 7.50. The van der Waals surface area contributed by atoms with E-state index in [0.29, 0.717) is 17.1 Å². The molecule has 0 spiro atoms. The molecule has 4 nitrogen and oxygen atoms in total. The van der Waals surface area contributed by atoms with Crippen molar-refractivity contribution in [1.29, 1.82) is 0 Å². The molecule has 3 rings (SSSR count). The van der Waals surface area contributed by atoms with E-state index >= 15 is 0 Å².